The van der Waals surface area contributed by atoms with Crippen molar-refractivity contribution in [2.75, 3.05) is 25.2 Å². The number of methoxy groups -OCH3 is 1. The van der Waals surface area contributed by atoms with Gasteiger partial charge in [0.15, 0.2) is 5.13 Å². The zero-order valence-corrected chi connectivity index (χ0v) is 13.9. The van der Waals surface area contributed by atoms with Gasteiger partial charge in [0.2, 0.25) is 5.91 Å². The standard InChI is InChI=1S/C15H20N4O2S/c1-4-13(20)19(7-8-21-3)15-17-14-10-9-16-18(2)11(10)5-6-12(14)22-15/h9H,4-8H2,1-3H3. The van der Waals surface area contributed by atoms with Crippen LogP contribution in [-0.4, -0.2) is 40.9 Å². The molecule has 2 heterocycles. The number of carbonyl (C=O) groups excluding carboxylic acids is 1. The van der Waals surface area contributed by atoms with Gasteiger partial charge >= 0.3 is 0 Å². The minimum absolute atomic E-state index is 0.0783. The molecule has 0 atom stereocenters. The number of fused-ring (bicyclic) bond motifs is 3. The van der Waals surface area contributed by atoms with Crippen LogP contribution in [0.4, 0.5) is 5.13 Å². The van der Waals surface area contributed by atoms with Crippen LogP contribution >= 0.6 is 11.3 Å². The number of aryl methyl sites for hydroxylation is 2. The molecule has 0 aromatic carbocycles. The maximum atomic E-state index is 12.2. The number of hydrogen-bond donors (Lipinski definition) is 0. The summed E-state index contributed by atoms with van der Waals surface area (Å²) in [5.41, 5.74) is 3.30. The summed E-state index contributed by atoms with van der Waals surface area (Å²) >= 11 is 1.61. The molecule has 0 radical (unpaired) electrons. The molecule has 1 aliphatic rings. The highest BCUT2D eigenvalue weighted by Gasteiger charge is 2.26. The van der Waals surface area contributed by atoms with Gasteiger partial charge in [0, 0.05) is 36.7 Å². The molecule has 6 nitrogen and oxygen atoms in total. The van der Waals surface area contributed by atoms with Crippen LogP contribution in [0.1, 0.15) is 23.9 Å². The summed E-state index contributed by atoms with van der Waals surface area (Å²) in [5.74, 6) is 0.0783. The zero-order valence-electron chi connectivity index (χ0n) is 13.1. The summed E-state index contributed by atoms with van der Waals surface area (Å²) < 4.78 is 7.03. The van der Waals surface area contributed by atoms with E-state index in [-0.39, 0.29) is 5.91 Å². The molecule has 2 aromatic heterocycles. The Morgan fingerprint density at radius 1 is 1.50 bits per heavy atom. The largest absolute Gasteiger partial charge is 0.383 e. The van der Waals surface area contributed by atoms with Crippen LogP contribution in [0, 0.1) is 0 Å². The van der Waals surface area contributed by atoms with E-state index in [9.17, 15) is 4.79 Å². The van der Waals surface area contributed by atoms with E-state index in [0.29, 0.717) is 19.6 Å². The summed E-state index contributed by atoms with van der Waals surface area (Å²) in [6, 6.07) is 0. The fourth-order valence-electron chi connectivity index (χ4n) is 2.72. The number of aromatic nitrogens is 3. The molecule has 118 valence electrons. The van der Waals surface area contributed by atoms with Crippen molar-refractivity contribution in [3.8, 4) is 11.3 Å². The van der Waals surface area contributed by atoms with Crippen molar-refractivity contribution in [1.29, 1.82) is 0 Å². The first-order valence-corrected chi connectivity index (χ1v) is 8.27. The smallest absolute Gasteiger partial charge is 0.228 e. The lowest BCUT2D eigenvalue weighted by Crippen LogP contribution is -2.33. The first-order chi connectivity index (χ1) is 10.7. The Morgan fingerprint density at radius 3 is 3.05 bits per heavy atom. The Labute approximate surface area is 133 Å². The van der Waals surface area contributed by atoms with Gasteiger partial charge in [-0.15, -0.1) is 11.3 Å². The van der Waals surface area contributed by atoms with E-state index < -0.39 is 0 Å². The van der Waals surface area contributed by atoms with Gasteiger partial charge in [-0.25, -0.2) is 4.98 Å². The van der Waals surface area contributed by atoms with Crippen molar-refractivity contribution in [2.24, 2.45) is 7.05 Å². The summed E-state index contributed by atoms with van der Waals surface area (Å²) in [7, 11) is 3.60. The van der Waals surface area contributed by atoms with Gasteiger partial charge in [0.05, 0.1) is 25.0 Å². The molecular formula is C15H20N4O2S. The number of hydrogen-bond acceptors (Lipinski definition) is 5. The predicted molar refractivity (Wildman–Crippen MR) is 86.2 cm³/mol. The second kappa shape index (κ2) is 6.18. The highest BCUT2D eigenvalue weighted by atomic mass is 32.1. The third-order valence-electron chi connectivity index (χ3n) is 3.95. The average molecular weight is 320 g/mol. The minimum atomic E-state index is 0.0783. The van der Waals surface area contributed by atoms with Crippen LogP contribution in [-0.2, 0) is 29.4 Å². The second-order valence-electron chi connectivity index (χ2n) is 5.29. The Kier molecular flexibility index (Phi) is 4.26. The van der Waals surface area contributed by atoms with E-state index in [0.717, 1.165) is 29.2 Å². The molecule has 0 N–H and O–H groups in total. The molecule has 7 heteroatoms. The van der Waals surface area contributed by atoms with Gasteiger partial charge in [-0.1, -0.05) is 6.92 Å². The molecule has 0 bridgehead atoms. The van der Waals surface area contributed by atoms with E-state index in [1.165, 1.54) is 10.6 Å². The minimum Gasteiger partial charge on any atom is -0.383 e. The average Bonchev–Trinajstić information content (AvgIpc) is 3.11. The Morgan fingerprint density at radius 2 is 2.32 bits per heavy atom. The van der Waals surface area contributed by atoms with Crippen molar-refractivity contribution >= 4 is 22.4 Å². The molecule has 0 spiro atoms. The van der Waals surface area contributed by atoms with Crippen LogP contribution in [0.3, 0.4) is 0 Å². The number of ether oxygens (including phenoxy) is 1. The predicted octanol–water partition coefficient (Wildman–Crippen LogP) is 2.03. The van der Waals surface area contributed by atoms with Gasteiger partial charge in [0.1, 0.15) is 0 Å². The van der Waals surface area contributed by atoms with Gasteiger partial charge in [0.25, 0.3) is 0 Å². The van der Waals surface area contributed by atoms with Gasteiger partial charge < -0.3 is 4.74 Å². The van der Waals surface area contributed by atoms with Crippen LogP contribution in [0.15, 0.2) is 6.20 Å². The van der Waals surface area contributed by atoms with E-state index in [2.05, 4.69) is 5.10 Å². The second-order valence-corrected chi connectivity index (χ2v) is 6.35. The van der Waals surface area contributed by atoms with Crippen molar-refractivity contribution in [2.45, 2.75) is 26.2 Å². The number of nitrogens with zero attached hydrogens (tertiary/aromatic N) is 4. The molecule has 0 saturated heterocycles. The molecule has 3 rings (SSSR count). The highest BCUT2D eigenvalue weighted by Crippen LogP contribution is 2.39. The first-order valence-electron chi connectivity index (χ1n) is 7.46. The van der Waals surface area contributed by atoms with Crippen LogP contribution in [0.2, 0.25) is 0 Å². The summed E-state index contributed by atoms with van der Waals surface area (Å²) in [5, 5.41) is 5.10. The van der Waals surface area contributed by atoms with E-state index in [4.69, 9.17) is 9.72 Å². The van der Waals surface area contributed by atoms with Crippen LogP contribution < -0.4 is 4.90 Å². The van der Waals surface area contributed by atoms with E-state index >= 15 is 0 Å². The molecule has 1 amide bonds. The number of carbonyl (C=O) groups is 1. The third-order valence-corrected chi connectivity index (χ3v) is 5.08. The quantitative estimate of drug-likeness (QED) is 0.846. The van der Waals surface area contributed by atoms with E-state index in [1.54, 1.807) is 23.3 Å². The molecule has 0 saturated carbocycles. The number of anilines is 1. The van der Waals surface area contributed by atoms with Gasteiger partial charge in [-0.05, 0) is 12.8 Å². The van der Waals surface area contributed by atoms with Crippen molar-refractivity contribution in [1.82, 2.24) is 14.8 Å². The molecule has 22 heavy (non-hydrogen) atoms. The SMILES string of the molecule is CCC(=O)N(CCOC)c1nc2c(s1)CCc1c-2cnn1C. The zero-order chi connectivity index (χ0) is 15.7. The lowest BCUT2D eigenvalue weighted by molar-refractivity contribution is -0.118. The summed E-state index contributed by atoms with van der Waals surface area (Å²) in [6.45, 7) is 2.92. The maximum Gasteiger partial charge on any atom is 0.228 e. The third kappa shape index (κ3) is 2.55. The topological polar surface area (TPSA) is 60.3 Å². The fraction of sp³-hybridized carbons (Fsp3) is 0.533. The van der Waals surface area contributed by atoms with Gasteiger partial charge in [-0.2, -0.15) is 5.10 Å². The van der Waals surface area contributed by atoms with E-state index in [1.807, 2.05) is 24.9 Å². The summed E-state index contributed by atoms with van der Waals surface area (Å²) in [6.07, 6.45) is 4.27. The first kappa shape index (κ1) is 15.2. The normalized spacial score (nSPS) is 12.9. The Bertz CT molecular complexity index is 692. The van der Waals surface area contributed by atoms with Crippen LogP contribution in [0.25, 0.3) is 11.3 Å². The number of thiazole rings is 1. The molecule has 0 unspecified atom stereocenters. The molecular weight excluding hydrogens is 300 g/mol. The lowest BCUT2D eigenvalue weighted by Gasteiger charge is -2.18. The molecule has 1 aliphatic carbocycles. The lowest BCUT2D eigenvalue weighted by atomic mass is 10.0. The Balaban J connectivity index is 1.96. The maximum absolute atomic E-state index is 12.2. The monoisotopic (exact) mass is 320 g/mol. The Hall–Kier alpha value is -1.73. The molecule has 0 aliphatic heterocycles. The van der Waals surface area contributed by atoms with Crippen molar-refractivity contribution in [3.05, 3.63) is 16.8 Å². The van der Waals surface area contributed by atoms with Crippen molar-refractivity contribution in [3.63, 3.8) is 0 Å². The highest BCUT2D eigenvalue weighted by molar-refractivity contribution is 7.16. The van der Waals surface area contributed by atoms with Crippen molar-refractivity contribution < 1.29 is 9.53 Å². The van der Waals surface area contributed by atoms with Crippen LogP contribution in [0.5, 0.6) is 0 Å². The molecule has 0 fully saturated rings. The molecule has 2 aromatic rings. The fourth-order valence-corrected chi connectivity index (χ4v) is 3.84. The number of rotatable bonds is 5. The summed E-state index contributed by atoms with van der Waals surface area (Å²) in [4.78, 5) is 19.9. The number of amides is 1. The van der Waals surface area contributed by atoms with Gasteiger partial charge in [-0.3, -0.25) is 14.4 Å².